The third-order valence-electron chi connectivity index (χ3n) is 4.50. The topological polar surface area (TPSA) is 125 Å². The fraction of sp³-hybridized carbons (Fsp3) is 0.238. The molecule has 32 heavy (non-hydrogen) atoms. The van der Waals surface area contributed by atoms with E-state index in [9.17, 15) is 18.0 Å². The summed E-state index contributed by atoms with van der Waals surface area (Å²) in [5.41, 5.74) is 0.465. The Kier molecular flexibility index (Phi) is 6.28. The van der Waals surface area contributed by atoms with Gasteiger partial charge in [-0.1, -0.05) is 0 Å². The number of anilines is 1. The van der Waals surface area contributed by atoms with Gasteiger partial charge in [-0.3, -0.25) is 5.32 Å². The fourth-order valence-electron chi connectivity index (χ4n) is 2.75. The molecule has 1 fully saturated rings. The van der Waals surface area contributed by atoms with Crippen LogP contribution in [0.5, 0.6) is 11.5 Å². The Morgan fingerprint density at radius 3 is 2.28 bits per heavy atom. The molecule has 4 rings (SSSR count). The van der Waals surface area contributed by atoms with E-state index in [0.717, 1.165) is 5.75 Å². The first-order valence-electron chi connectivity index (χ1n) is 9.54. The number of carbonyl (C=O) groups is 1. The van der Waals surface area contributed by atoms with Crippen molar-refractivity contribution in [1.82, 2.24) is 0 Å². The lowest BCUT2D eigenvalue weighted by Crippen LogP contribution is -2.13. The summed E-state index contributed by atoms with van der Waals surface area (Å²) < 4.78 is 44.8. The van der Waals surface area contributed by atoms with Gasteiger partial charge >= 0.3 is 11.9 Å². The van der Waals surface area contributed by atoms with Crippen LogP contribution in [-0.4, -0.2) is 31.3 Å². The van der Waals surface area contributed by atoms with E-state index < -0.39 is 21.8 Å². The summed E-state index contributed by atoms with van der Waals surface area (Å²) in [6.07, 6.45) is -0.733. The molecule has 0 radical (unpaired) electrons. The molecule has 2 aromatic carbocycles. The van der Waals surface area contributed by atoms with Crippen molar-refractivity contribution < 1.29 is 31.5 Å². The van der Waals surface area contributed by atoms with Gasteiger partial charge in [-0.15, -0.1) is 0 Å². The first-order chi connectivity index (χ1) is 15.3. The van der Waals surface area contributed by atoms with Crippen molar-refractivity contribution in [2.45, 2.75) is 23.7 Å². The van der Waals surface area contributed by atoms with E-state index in [4.69, 9.17) is 13.9 Å². The molecule has 1 amide bonds. The van der Waals surface area contributed by atoms with Crippen LogP contribution >= 0.6 is 11.8 Å². The van der Waals surface area contributed by atoms with Crippen LogP contribution in [-0.2, 0) is 21.2 Å². The SMILES string of the molecule is Cc1oc(=O)oc1COC(=O)Nc1ccc(Oc2ccc(S(=O)(=O)CC3CS3)cc2)cc1. The molecule has 0 saturated carbocycles. The molecule has 1 N–H and O–H groups in total. The average molecular weight is 478 g/mol. The number of thioether (sulfide) groups is 1. The van der Waals surface area contributed by atoms with Crippen LogP contribution < -0.4 is 15.9 Å². The predicted octanol–water partition coefficient (Wildman–Crippen LogP) is 3.97. The highest BCUT2D eigenvalue weighted by Gasteiger charge is 2.29. The standard InChI is InChI=1S/C21H19NO8S2/c1-13-19(30-21(24)28-13)10-27-20(23)22-14-2-4-15(5-3-14)29-16-6-8-18(9-7-16)32(25,26)12-17-11-31-17/h2-9,17H,10-12H2,1H3,(H,22,23). The summed E-state index contributed by atoms with van der Waals surface area (Å²) in [7, 11) is -3.28. The largest absolute Gasteiger partial charge is 0.519 e. The van der Waals surface area contributed by atoms with Gasteiger partial charge in [0.25, 0.3) is 0 Å². The number of hydrogen-bond donors (Lipinski definition) is 1. The Bertz CT molecular complexity index is 1260. The zero-order valence-electron chi connectivity index (χ0n) is 16.9. The molecule has 1 aliphatic heterocycles. The summed E-state index contributed by atoms with van der Waals surface area (Å²) >= 11 is 1.65. The Morgan fingerprint density at radius 2 is 1.72 bits per heavy atom. The lowest BCUT2D eigenvalue weighted by molar-refractivity contribution is 0.145. The highest BCUT2D eigenvalue weighted by molar-refractivity contribution is 8.08. The van der Waals surface area contributed by atoms with E-state index >= 15 is 0 Å². The molecule has 0 aliphatic carbocycles. The molecule has 1 saturated heterocycles. The third-order valence-corrected chi connectivity index (χ3v) is 7.51. The number of sulfone groups is 1. The molecule has 168 valence electrons. The van der Waals surface area contributed by atoms with Gasteiger partial charge in [-0.25, -0.2) is 18.0 Å². The molecule has 1 aromatic heterocycles. The molecule has 11 heteroatoms. The first-order valence-corrected chi connectivity index (χ1v) is 12.2. The van der Waals surface area contributed by atoms with Gasteiger partial charge in [-0.05, 0) is 55.5 Å². The average Bonchev–Trinajstić information content (AvgIpc) is 3.49. The molecule has 2 heterocycles. The number of ether oxygens (including phenoxy) is 2. The number of aryl methyl sites for hydroxylation is 1. The Balaban J connectivity index is 1.30. The summed E-state index contributed by atoms with van der Waals surface area (Å²) in [6.45, 7) is 1.29. The number of rotatable bonds is 8. The van der Waals surface area contributed by atoms with Crippen LogP contribution in [0.2, 0.25) is 0 Å². The van der Waals surface area contributed by atoms with Crippen LogP contribution in [0.3, 0.4) is 0 Å². The molecule has 9 nitrogen and oxygen atoms in total. The van der Waals surface area contributed by atoms with E-state index in [0.29, 0.717) is 17.2 Å². The van der Waals surface area contributed by atoms with Gasteiger partial charge < -0.3 is 18.3 Å². The molecule has 0 spiro atoms. The first kappa shape index (κ1) is 22.0. The minimum Gasteiger partial charge on any atom is -0.457 e. The summed E-state index contributed by atoms with van der Waals surface area (Å²) in [4.78, 5) is 23.2. The lowest BCUT2D eigenvalue weighted by Gasteiger charge is -2.09. The van der Waals surface area contributed by atoms with Crippen LogP contribution in [0.25, 0.3) is 0 Å². The van der Waals surface area contributed by atoms with Crippen LogP contribution in [0.15, 0.2) is 67.1 Å². The second kappa shape index (κ2) is 9.13. The highest BCUT2D eigenvalue weighted by atomic mass is 32.2. The van der Waals surface area contributed by atoms with Gasteiger partial charge in [0.05, 0.1) is 10.6 Å². The molecule has 3 aromatic rings. The maximum atomic E-state index is 12.3. The van der Waals surface area contributed by atoms with Crippen molar-refractivity contribution in [2.75, 3.05) is 16.8 Å². The van der Waals surface area contributed by atoms with Crippen molar-refractivity contribution in [3.8, 4) is 11.5 Å². The van der Waals surface area contributed by atoms with E-state index in [1.54, 1.807) is 48.2 Å². The normalized spacial score (nSPS) is 15.2. The fourth-order valence-corrected chi connectivity index (χ4v) is 5.43. The minimum absolute atomic E-state index is 0.138. The van der Waals surface area contributed by atoms with Crippen LogP contribution in [0.4, 0.5) is 10.5 Å². The van der Waals surface area contributed by atoms with Gasteiger partial charge in [0.2, 0.25) is 0 Å². The quantitative estimate of drug-likeness (QED) is 0.480. The monoisotopic (exact) mass is 477 g/mol. The second-order valence-corrected chi connectivity index (χ2v) is 10.3. The smallest absolute Gasteiger partial charge is 0.457 e. The highest BCUT2D eigenvalue weighted by Crippen LogP contribution is 2.33. The molecule has 1 atom stereocenters. The number of benzene rings is 2. The molecule has 0 bridgehead atoms. The Morgan fingerprint density at radius 1 is 1.09 bits per heavy atom. The van der Waals surface area contributed by atoms with Crippen LogP contribution in [0, 0.1) is 6.92 Å². The Hall–Kier alpha value is -3.18. The molecular weight excluding hydrogens is 458 g/mol. The zero-order valence-corrected chi connectivity index (χ0v) is 18.5. The second-order valence-electron chi connectivity index (χ2n) is 6.97. The maximum Gasteiger partial charge on any atom is 0.519 e. The Labute approximate surface area is 187 Å². The van der Waals surface area contributed by atoms with E-state index in [2.05, 4.69) is 9.73 Å². The van der Waals surface area contributed by atoms with Crippen LogP contribution in [0.1, 0.15) is 11.5 Å². The van der Waals surface area contributed by atoms with Gasteiger partial charge in [-0.2, -0.15) is 11.8 Å². The number of hydrogen-bond acceptors (Lipinski definition) is 9. The van der Waals surface area contributed by atoms with Gasteiger partial charge in [0.15, 0.2) is 28.0 Å². The summed E-state index contributed by atoms with van der Waals surface area (Å²) in [5.74, 6) is 1.57. The summed E-state index contributed by atoms with van der Waals surface area (Å²) in [5, 5.41) is 2.74. The van der Waals surface area contributed by atoms with Gasteiger partial charge in [0, 0.05) is 16.7 Å². The molecule has 1 aliphatic rings. The molecule has 1 unspecified atom stereocenters. The van der Waals surface area contributed by atoms with Crippen molar-refractivity contribution in [1.29, 1.82) is 0 Å². The molecular formula is C21H19NO8S2. The number of carbonyl (C=O) groups excluding carboxylic acids is 1. The summed E-state index contributed by atoms with van der Waals surface area (Å²) in [6, 6.07) is 12.8. The van der Waals surface area contributed by atoms with Gasteiger partial charge in [0.1, 0.15) is 11.5 Å². The van der Waals surface area contributed by atoms with Crippen molar-refractivity contribution in [3.05, 3.63) is 70.7 Å². The van der Waals surface area contributed by atoms with E-state index in [1.807, 2.05) is 0 Å². The van der Waals surface area contributed by atoms with Crippen molar-refractivity contribution in [3.63, 3.8) is 0 Å². The minimum atomic E-state index is -3.28. The number of nitrogens with one attached hydrogen (secondary N) is 1. The lowest BCUT2D eigenvalue weighted by atomic mass is 10.3. The van der Waals surface area contributed by atoms with E-state index in [1.165, 1.54) is 19.1 Å². The maximum absolute atomic E-state index is 12.3. The van der Waals surface area contributed by atoms with Crippen molar-refractivity contribution in [2.24, 2.45) is 0 Å². The third kappa shape index (κ3) is 5.74. The van der Waals surface area contributed by atoms with E-state index in [-0.39, 0.29) is 34.0 Å². The van der Waals surface area contributed by atoms with Crippen molar-refractivity contribution >= 4 is 33.4 Å². The number of amides is 1. The predicted molar refractivity (Wildman–Crippen MR) is 117 cm³/mol. The zero-order chi connectivity index (χ0) is 22.7.